The monoisotopic (exact) mass is 359 g/mol. The number of hydrogen-bond acceptors (Lipinski definition) is 2. The minimum absolute atomic E-state index is 0.141. The number of amides is 2. The molecular weight excluding hydrogens is 326 g/mol. The first kappa shape index (κ1) is 19.0. The zero-order valence-corrected chi connectivity index (χ0v) is 16.2. The Morgan fingerprint density at radius 3 is 2.27 bits per heavy atom. The number of rotatable bonds is 8. The molecule has 2 saturated heterocycles. The highest BCUT2D eigenvalue weighted by Gasteiger charge is 2.42. The van der Waals surface area contributed by atoms with E-state index in [1.807, 2.05) is 24.5 Å². The summed E-state index contributed by atoms with van der Waals surface area (Å²) in [5.41, 5.74) is 0. The SMILES string of the molecule is CCC(CC)C(=O)NCC1C[C@H]2CC[C@@H](C1)N2C(=O)CCn1cccc1. The van der Waals surface area contributed by atoms with E-state index in [0.717, 1.165) is 51.6 Å². The van der Waals surface area contributed by atoms with Crippen LogP contribution in [-0.2, 0) is 16.1 Å². The molecule has 2 bridgehead atoms. The first-order chi connectivity index (χ1) is 12.6. The fourth-order valence-electron chi connectivity index (χ4n) is 4.79. The summed E-state index contributed by atoms with van der Waals surface area (Å²) >= 11 is 0. The van der Waals surface area contributed by atoms with Crippen LogP contribution in [0.25, 0.3) is 0 Å². The fraction of sp³-hybridized carbons (Fsp3) is 0.714. The van der Waals surface area contributed by atoms with E-state index in [0.29, 0.717) is 30.3 Å². The van der Waals surface area contributed by atoms with Crippen molar-refractivity contribution in [3.63, 3.8) is 0 Å². The molecule has 0 spiro atoms. The van der Waals surface area contributed by atoms with Crippen molar-refractivity contribution in [2.24, 2.45) is 11.8 Å². The van der Waals surface area contributed by atoms with Crippen molar-refractivity contribution in [2.75, 3.05) is 6.54 Å². The molecule has 1 aromatic rings. The van der Waals surface area contributed by atoms with E-state index in [1.165, 1.54) is 0 Å². The van der Waals surface area contributed by atoms with E-state index in [1.54, 1.807) is 0 Å². The molecule has 144 valence electrons. The maximum absolute atomic E-state index is 12.7. The predicted octanol–water partition coefficient (Wildman–Crippen LogP) is 3.20. The molecule has 2 amide bonds. The number of nitrogens with one attached hydrogen (secondary N) is 1. The number of hydrogen-bond donors (Lipinski definition) is 1. The Kier molecular flexibility index (Phi) is 6.38. The second-order valence-electron chi connectivity index (χ2n) is 7.95. The molecule has 3 heterocycles. The van der Waals surface area contributed by atoms with Crippen LogP contribution in [0.15, 0.2) is 24.5 Å². The smallest absolute Gasteiger partial charge is 0.224 e. The van der Waals surface area contributed by atoms with Gasteiger partial charge in [-0.3, -0.25) is 9.59 Å². The average molecular weight is 360 g/mol. The molecular formula is C21H33N3O2. The molecule has 2 aliphatic rings. The maximum Gasteiger partial charge on any atom is 0.224 e. The van der Waals surface area contributed by atoms with Gasteiger partial charge >= 0.3 is 0 Å². The summed E-state index contributed by atoms with van der Waals surface area (Å²) in [4.78, 5) is 27.1. The Bertz CT molecular complexity index is 580. The van der Waals surface area contributed by atoms with Crippen LogP contribution in [-0.4, -0.2) is 39.9 Å². The van der Waals surface area contributed by atoms with Gasteiger partial charge < -0.3 is 14.8 Å². The molecule has 1 N–H and O–H groups in total. The normalized spacial score (nSPS) is 24.9. The predicted molar refractivity (Wildman–Crippen MR) is 103 cm³/mol. The molecule has 0 radical (unpaired) electrons. The Balaban J connectivity index is 1.48. The summed E-state index contributed by atoms with van der Waals surface area (Å²) in [7, 11) is 0. The van der Waals surface area contributed by atoms with Crippen LogP contribution in [0.2, 0.25) is 0 Å². The van der Waals surface area contributed by atoms with Crippen LogP contribution in [0.4, 0.5) is 0 Å². The van der Waals surface area contributed by atoms with Crippen molar-refractivity contribution < 1.29 is 9.59 Å². The van der Waals surface area contributed by atoms with E-state index in [2.05, 4.69) is 28.6 Å². The van der Waals surface area contributed by atoms with Gasteiger partial charge in [-0.2, -0.15) is 0 Å². The molecule has 5 heteroatoms. The quantitative estimate of drug-likeness (QED) is 0.775. The molecule has 0 saturated carbocycles. The molecule has 2 fully saturated rings. The summed E-state index contributed by atoms with van der Waals surface area (Å²) in [6.07, 6.45) is 10.7. The van der Waals surface area contributed by atoms with E-state index >= 15 is 0 Å². The number of carbonyl (C=O) groups excluding carboxylic acids is 2. The first-order valence-corrected chi connectivity index (χ1v) is 10.3. The van der Waals surface area contributed by atoms with Crippen LogP contribution in [0.3, 0.4) is 0 Å². The van der Waals surface area contributed by atoms with Crippen LogP contribution in [0.5, 0.6) is 0 Å². The van der Waals surface area contributed by atoms with Crippen LogP contribution < -0.4 is 5.32 Å². The van der Waals surface area contributed by atoms with E-state index < -0.39 is 0 Å². The summed E-state index contributed by atoms with van der Waals surface area (Å²) in [6, 6.07) is 4.74. The van der Waals surface area contributed by atoms with Gasteiger partial charge in [0.05, 0.1) is 0 Å². The summed E-state index contributed by atoms with van der Waals surface area (Å²) in [5.74, 6) is 1.15. The van der Waals surface area contributed by atoms with Gasteiger partial charge in [0.15, 0.2) is 0 Å². The third-order valence-corrected chi connectivity index (χ3v) is 6.29. The topological polar surface area (TPSA) is 54.3 Å². The first-order valence-electron chi connectivity index (χ1n) is 10.3. The van der Waals surface area contributed by atoms with Crippen LogP contribution in [0.1, 0.15) is 58.8 Å². The zero-order chi connectivity index (χ0) is 18.5. The Morgan fingerprint density at radius 2 is 1.69 bits per heavy atom. The minimum atomic E-state index is 0.141. The Morgan fingerprint density at radius 1 is 1.08 bits per heavy atom. The fourth-order valence-corrected chi connectivity index (χ4v) is 4.79. The van der Waals surface area contributed by atoms with Gasteiger partial charge in [0.25, 0.3) is 0 Å². The van der Waals surface area contributed by atoms with Gasteiger partial charge in [0.1, 0.15) is 0 Å². The average Bonchev–Trinajstić information content (AvgIpc) is 3.25. The lowest BCUT2D eigenvalue weighted by molar-refractivity contribution is -0.137. The summed E-state index contributed by atoms with van der Waals surface area (Å²) < 4.78 is 2.07. The van der Waals surface area contributed by atoms with E-state index in [9.17, 15) is 9.59 Å². The highest BCUT2D eigenvalue weighted by atomic mass is 16.2. The third kappa shape index (κ3) is 4.30. The third-order valence-electron chi connectivity index (χ3n) is 6.29. The Labute approximate surface area is 157 Å². The molecule has 5 nitrogen and oxygen atoms in total. The van der Waals surface area contributed by atoms with Gasteiger partial charge in [-0.15, -0.1) is 0 Å². The van der Waals surface area contributed by atoms with Crippen molar-refractivity contribution in [1.29, 1.82) is 0 Å². The van der Waals surface area contributed by atoms with Gasteiger partial charge in [0, 0.05) is 49.9 Å². The largest absolute Gasteiger partial charge is 0.356 e. The number of fused-ring (bicyclic) bond motifs is 2. The second-order valence-corrected chi connectivity index (χ2v) is 7.95. The molecule has 3 rings (SSSR count). The van der Waals surface area contributed by atoms with Crippen molar-refractivity contribution in [3.8, 4) is 0 Å². The summed E-state index contributed by atoms with van der Waals surface area (Å²) in [5, 5.41) is 3.17. The van der Waals surface area contributed by atoms with Gasteiger partial charge in [-0.1, -0.05) is 13.8 Å². The number of piperidine rings is 1. The van der Waals surface area contributed by atoms with Crippen molar-refractivity contribution >= 4 is 11.8 Å². The number of aryl methyl sites for hydroxylation is 1. The summed E-state index contributed by atoms with van der Waals surface area (Å²) in [6.45, 7) is 5.68. The lowest BCUT2D eigenvalue weighted by Crippen LogP contribution is -2.48. The van der Waals surface area contributed by atoms with Crippen molar-refractivity contribution in [2.45, 2.75) is 77.4 Å². The molecule has 0 aliphatic carbocycles. The van der Waals surface area contributed by atoms with Gasteiger partial charge in [-0.05, 0) is 56.6 Å². The van der Waals surface area contributed by atoms with Crippen LogP contribution >= 0.6 is 0 Å². The van der Waals surface area contributed by atoms with Gasteiger partial charge in [0.2, 0.25) is 11.8 Å². The van der Waals surface area contributed by atoms with Crippen molar-refractivity contribution in [3.05, 3.63) is 24.5 Å². The highest BCUT2D eigenvalue weighted by Crippen LogP contribution is 2.38. The Hall–Kier alpha value is -1.78. The standard InChI is InChI=1S/C21H33N3O2/c1-3-17(4-2)21(26)22-15-16-13-18-7-8-19(14-16)24(18)20(25)9-12-23-10-5-6-11-23/h5-6,10-11,16-19H,3-4,7-9,12-15H2,1-2H3,(H,22,26)/t16?,18-,19+. The molecule has 2 aliphatic heterocycles. The maximum atomic E-state index is 12.7. The second kappa shape index (κ2) is 8.74. The lowest BCUT2D eigenvalue weighted by Gasteiger charge is -2.39. The number of nitrogens with zero attached hydrogens (tertiary/aromatic N) is 2. The zero-order valence-electron chi connectivity index (χ0n) is 16.2. The number of aromatic nitrogens is 1. The molecule has 26 heavy (non-hydrogen) atoms. The molecule has 0 aromatic carbocycles. The van der Waals surface area contributed by atoms with Crippen LogP contribution in [0, 0.1) is 11.8 Å². The molecule has 1 unspecified atom stereocenters. The minimum Gasteiger partial charge on any atom is -0.356 e. The van der Waals surface area contributed by atoms with Gasteiger partial charge in [-0.25, -0.2) is 0 Å². The highest BCUT2D eigenvalue weighted by molar-refractivity contribution is 5.78. The van der Waals surface area contributed by atoms with E-state index in [4.69, 9.17) is 0 Å². The molecule has 1 aromatic heterocycles. The van der Waals surface area contributed by atoms with Crippen molar-refractivity contribution in [1.82, 2.24) is 14.8 Å². The number of carbonyl (C=O) groups is 2. The van der Waals surface area contributed by atoms with E-state index in [-0.39, 0.29) is 11.8 Å². The molecule has 3 atom stereocenters. The lowest BCUT2D eigenvalue weighted by atomic mass is 9.90.